The molecular formula is C20H26NO3+. The molecule has 2 atom stereocenters. The van der Waals surface area contributed by atoms with Gasteiger partial charge in [0.2, 0.25) is 0 Å². The van der Waals surface area contributed by atoms with Gasteiger partial charge in [-0.25, -0.2) is 4.79 Å². The highest BCUT2D eigenvalue weighted by Gasteiger charge is 2.31. The highest BCUT2D eigenvalue weighted by molar-refractivity contribution is 5.86. The van der Waals surface area contributed by atoms with Gasteiger partial charge >= 0.3 is 5.63 Å². The zero-order valence-electron chi connectivity index (χ0n) is 14.5. The van der Waals surface area contributed by atoms with Crippen molar-refractivity contribution in [2.24, 2.45) is 0 Å². The lowest BCUT2D eigenvalue weighted by molar-refractivity contribution is -0.964. The van der Waals surface area contributed by atoms with Crippen LogP contribution in [0.15, 0.2) is 21.3 Å². The molecule has 0 bridgehead atoms. The van der Waals surface area contributed by atoms with Crippen LogP contribution in [0.3, 0.4) is 0 Å². The molecule has 0 unspecified atom stereocenters. The average molecular weight is 328 g/mol. The van der Waals surface area contributed by atoms with Crippen molar-refractivity contribution in [1.82, 2.24) is 0 Å². The Hall–Kier alpha value is -1.81. The van der Waals surface area contributed by atoms with Gasteiger partial charge in [-0.2, -0.15) is 0 Å². The molecule has 1 aromatic heterocycles. The Kier molecular flexibility index (Phi) is 3.87. The van der Waals surface area contributed by atoms with Crippen molar-refractivity contribution in [2.75, 3.05) is 0 Å². The smallest absolute Gasteiger partial charge is 0.339 e. The summed E-state index contributed by atoms with van der Waals surface area (Å²) in [4.78, 5) is 13.8. The number of rotatable bonds is 2. The lowest BCUT2D eigenvalue weighted by atomic mass is 9.95. The van der Waals surface area contributed by atoms with Gasteiger partial charge in [0.1, 0.15) is 12.3 Å². The Labute approximate surface area is 142 Å². The summed E-state index contributed by atoms with van der Waals surface area (Å²) in [5, 5.41) is 11.5. The summed E-state index contributed by atoms with van der Waals surface area (Å²) in [5.74, 6) is 0.251. The van der Waals surface area contributed by atoms with E-state index >= 15 is 0 Å². The first-order valence-corrected chi connectivity index (χ1v) is 9.21. The van der Waals surface area contributed by atoms with Crippen LogP contribution in [-0.2, 0) is 19.4 Å². The van der Waals surface area contributed by atoms with Crippen molar-refractivity contribution in [1.29, 1.82) is 0 Å². The number of piperidine rings is 1. The van der Waals surface area contributed by atoms with Crippen molar-refractivity contribution in [3.05, 3.63) is 39.2 Å². The minimum atomic E-state index is -0.211. The van der Waals surface area contributed by atoms with Gasteiger partial charge in [-0.3, -0.25) is 0 Å². The molecule has 1 aliphatic carbocycles. The minimum absolute atomic E-state index is 0.211. The predicted octanol–water partition coefficient (Wildman–Crippen LogP) is 2.33. The fourth-order valence-electron chi connectivity index (χ4n) is 4.70. The lowest BCUT2D eigenvalue weighted by Gasteiger charge is -2.36. The minimum Gasteiger partial charge on any atom is -0.507 e. The van der Waals surface area contributed by atoms with Gasteiger partial charge in [0.15, 0.2) is 5.58 Å². The first kappa shape index (κ1) is 15.7. The van der Waals surface area contributed by atoms with E-state index in [9.17, 15) is 9.90 Å². The van der Waals surface area contributed by atoms with E-state index in [1.807, 2.05) is 6.07 Å². The van der Waals surface area contributed by atoms with Crippen molar-refractivity contribution in [2.45, 2.75) is 71.0 Å². The summed E-state index contributed by atoms with van der Waals surface area (Å²) >= 11 is 0. The second-order valence-electron chi connectivity index (χ2n) is 7.62. The van der Waals surface area contributed by atoms with E-state index in [1.165, 1.54) is 24.2 Å². The van der Waals surface area contributed by atoms with Gasteiger partial charge in [0.25, 0.3) is 0 Å². The summed E-state index contributed by atoms with van der Waals surface area (Å²) in [6.45, 7) is 5.27. The molecule has 24 heavy (non-hydrogen) atoms. The van der Waals surface area contributed by atoms with E-state index < -0.39 is 0 Å². The van der Waals surface area contributed by atoms with Gasteiger partial charge in [0.05, 0.1) is 17.6 Å². The molecule has 128 valence electrons. The first-order chi connectivity index (χ1) is 11.6. The SMILES string of the molecule is C[C@@H]1CCC[C@@H](C)[NH+]1Cc1c(O)ccc2c3c(c(=O)oc12)CCC3. The topological polar surface area (TPSA) is 54.9 Å². The molecule has 2 aliphatic rings. The number of aromatic hydroxyl groups is 1. The number of quaternary nitrogens is 1. The molecule has 2 aromatic rings. The summed E-state index contributed by atoms with van der Waals surface area (Å²) in [6.07, 6.45) is 6.46. The second-order valence-corrected chi connectivity index (χ2v) is 7.62. The Balaban J connectivity index is 1.84. The van der Waals surface area contributed by atoms with Crippen molar-refractivity contribution < 1.29 is 14.4 Å². The number of hydrogen-bond donors (Lipinski definition) is 2. The lowest BCUT2D eigenvalue weighted by Crippen LogP contribution is -3.18. The molecule has 4 rings (SSSR count). The number of phenolic OH excluding ortho intramolecular Hbond substituents is 1. The normalized spacial score (nSPS) is 24.4. The van der Waals surface area contributed by atoms with Gasteiger partial charge in [-0.15, -0.1) is 0 Å². The molecule has 0 amide bonds. The summed E-state index contributed by atoms with van der Waals surface area (Å²) in [7, 11) is 0. The summed E-state index contributed by atoms with van der Waals surface area (Å²) in [6, 6.07) is 4.81. The zero-order chi connectivity index (χ0) is 16.8. The van der Waals surface area contributed by atoms with E-state index in [-0.39, 0.29) is 11.4 Å². The maximum atomic E-state index is 12.4. The number of fused-ring (bicyclic) bond motifs is 3. The van der Waals surface area contributed by atoms with E-state index in [0.717, 1.165) is 41.3 Å². The molecule has 1 aromatic carbocycles. The van der Waals surface area contributed by atoms with E-state index in [4.69, 9.17) is 4.42 Å². The molecule has 4 nitrogen and oxygen atoms in total. The Morgan fingerprint density at radius 1 is 1.12 bits per heavy atom. The molecule has 0 spiro atoms. The average Bonchev–Trinajstić information content (AvgIpc) is 3.03. The maximum Gasteiger partial charge on any atom is 0.339 e. The number of benzene rings is 1. The van der Waals surface area contributed by atoms with Crippen LogP contribution >= 0.6 is 0 Å². The van der Waals surface area contributed by atoms with Crippen LogP contribution in [0.2, 0.25) is 0 Å². The second kappa shape index (κ2) is 5.92. The predicted molar refractivity (Wildman–Crippen MR) is 93.6 cm³/mol. The van der Waals surface area contributed by atoms with Crippen LogP contribution in [-0.4, -0.2) is 17.2 Å². The fraction of sp³-hybridized carbons (Fsp3) is 0.550. The molecule has 0 saturated carbocycles. The van der Waals surface area contributed by atoms with Gasteiger partial charge < -0.3 is 14.4 Å². The number of aryl methyl sites for hydroxylation is 1. The van der Waals surface area contributed by atoms with Crippen molar-refractivity contribution >= 4 is 11.0 Å². The molecule has 1 fully saturated rings. The highest BCUT2D eigenvalue weighted by atomic mass is 16.4. The largest absolute Gasteiger partial charge is 0.507 e. The van der Waals surface area contributed by atoms with Crippen molar-refractivity contribution in [3.8, 4) is 5.75 Å². The Morgan fingerprint density at radius 3 is 2.58 bits per heavy atom. The Morgan fingerprint density at radius 2 is 1.83 bits per heavy atom. The van der Waals surface area contributed by atoms with Crippen LogP contribution in [0.5, 0.6) is 5.75 Å². The molecule has 2 heterocycles. The van der Waals surface area contributed by atoms with E-state index in [1.54, 1.807) is 6.07 Å². The van der Waals surface area contributed by atoms with Crippen LogP contribution in [0.1, 0.15) is 56.2 Å². The van der Waals surface area contributed by atoms with Crippen LogP contribution in [0.25, 0.3) is 11.0 Å². The third-order valence-corrected chi connectivity index (χ3v) is 6.14. The summed E-state index contributed by atoms with van der Waals surface area (Å²) < 4.78 is 5.70. The zero-order valence-corrected chi connectivity index (χ0v) is 14.5. The molecule has 2 N–H and O–H groups in total. The van der Waals surface area contributed by atoms with Crippen LogP contribution in [0, 0.1) is 0 Å². The number of nitrogens with one attached hydrogen (secondary N) is 1. The number of phenols is 1. The molecular weight excluding hydrogens is 302 g/mol. The third-order valence-electron chi connectivity index (χ3n) is 6.14. The number of hydrogen-bond acceptors (Lipinski definition) is 3. The third kappa shape index (κ3) is 2.44. The van der Waals surface area contributed by atoms with Crippen molar-refractivity contribution in [3.63, 3.8) is 0 Å². The number of likely N-dealkylation sites (tertiary alicyclic amines) is 1. The van der Waals surface area contributed by atoms with Crippen LogP contribution < -0.4 is 10.5 Å². The quantitative estimate of drug-likeness (QED) is 0.832. The Bertz CT molecular complexity index is 829. The highest BCUT2D eigenvalue weighted by Crippen LogP contribution is 2.32. The monoisotopic (exact) mass is 328 g/mol. The molecule has 1 aliphatic heterocycles. The molecule has 0 radical (unpaired) electrons. The fourth-order valence-corrected chi connectivity index (χ4v) is 4.70. The van der Waals surface area contributed by atoms with Crippen LogP contribution in [0.4, 0.5) is 0 Å². The first-order valence-electron chi connectivity index (χ1n) is 9.21. The van der Waals surface area contributed by atoms with E-state index in [2.05, 4.69) is 13.8 Å². The van der Waals surface area contributed by atoms with E-state index in [0.29, 0.717) is 24.2 Å². The summed E-state index contributed by atoms with van der Waals surface area (Å²) in [5.41, 5.74) is 3.17. The molecule has 1 saturated heterocycles. The van der Waals surface area contributed by atoms with Gasteiger partial charge in [-0.05, 0) is 70.1 Å². The van der Waals surface area contributed by atoms with Gasteiger partial charge in [0, 0.05) is 10.9 Å². The maximum absolute atomic E-state index is 12.4. The van der Waals surface area contributed by atoms with Gasteiger partial charge in [-0.1, -0.05) is 0 Å². The molecule has 4 heteroatoms. The standard InChI is InChI=1S/C20H25NO3/c1-12-5-3-6-13(2)21(12)11-17-18(22)10-9-15-14-7-4-8-16(14)20(23)24-19(15)17/h9-10,12-13,22H,3-8,11H2,1-2H3/p+1/t12-,13-/m1/s1.